The van der Waals surface area contributed by atoms with Crippen LogP contribution in [-0.2, 0) is 0 Å². The lowest BCUT2D eigenvalue weighted by molar-refractivity contribution is -0.0498. The smallest absolute Gasteiger partial charge is 0.387 e. The molecule has 0 aliphatic heterocycles. The molecule has 0 saturated carbocycles. The Morgan fingerprint density at radius 3 is 2.35 bits per heavy atom. The van der Waals surface area contributed by atoms with Crippen molar-refractivity contribution in [2.24, 2.45) is 5.92 Å². The van der Waals surface area contributed by atoms with Crippen molar-refractivity contribution in [3.63, 3.8) is 0 Å². The van der Waals surface area contributed by atoms with Gasteiger partial charge in [0.05, 0.1) is 0 Å². The Kier molecular flexibility index (Phi) is 5.73. The van der Waals surface area contributed by atoms with Gasteiger partial charge in [-0.25, -0.2) is 0 Å². The van der Waals surface area contributed by atoms with Crippen LogP contribution in [0.4, 0.5) is 14.5 Å². The molecule has 1 rings (SSSR count). The van der Waals surface area contributed by atoms with Gasteiger partial charge in [0.25, 0.3) is 0 Å². The maximum absolute atomic E-state index is 11.9. The van der Waals surface area contributed by atoms with Crippen molar-refractivity contribution in [2.75, 3.05) is 11.9 Å². The normalized spacial score (nSPS) is 10.9. The lowest BCUT2D eigenvalue weighted by Crippen LogP contribution is -2.04. The third kappa shape index (κ3) is 6.09. The van der Waals surface area contributed by atoms with E-state index in [-0.39, 0.29) is 5.75 Å². The molecule has 0 heterocycles. The lowest BCUT2D eigenvalue weighted by atomic mass is 10.1. The zero-order valence-corrected chi connectivity index (χ0v) is 10.2. The number of hydrogen-bond donors (Lipinski definition) is 1. The summed E-state index contributed by atoms with van der Waals surface area (Å²) in [6.07, 6.45) is 2.28. The average Bonchev–Trinajstić information content (AvgIpc) is 2.25. The summed E-state index contributed by atoms with van der Waals surface area (Å²) in [5, 5.41) is 3.24. The van der Waals surface area contributed by atoms with Gasteiger partial charge in [0.1, 0.15) is 5.75 Å². The minimum Gasteiger partial charge on any atom is -0.435 e. The van der Waals surface area contributed by atoms with Crippen molar-refractivity contribution in [2.45, 2.75) is 33.3 Å². The predicted octanol–water partition coefficient (Wildman–Crippen LogP) is 4.14. The summed E-state index contributed by atoms with van der Waals surface area (Å²) in [6.45, 7) is 2.51. The number of halogens is 2. The van der Waals surface area contributed by atoms with Crippen molar-refractivity contribution in [3.05, 3.63) is 24.3 Å². The zero-order valence-electron chi connectivity index (χ0n) is 10.2. The standard InChI is InChI=1S/C13H19F2NO/c1-10(2)4-3-9-16-11-5-7-12(8-6-11)17-13(14)15/h5-8,10,13,16H,3-4,9H2,1-2H3. The van der Waals surface area contributed by atoms with Gasteiger partial charge in [0, 0.05) is 12.2 Å². The van der Waals surface area contributed by atoms with Gasteiger partial charge in [-0.3, -0.25) is 0 Å². The van der Waals surface area contributed by atoms with Crippen molar-refractivity contribution in [3.8, 4) is 5.75 Å². The van der Waals surface area contributed by atoms with E-state index < -0.39 is 6.61 Å². The van der Waals surface area contributed by atoms with Crippen LogP contribution in [0.2, 0.25) is 0 Å². The average molecular weight is 243 g/mol. The highest BCUT2D eigenvalue weighted by molar-refractivity contribution is 5.46. The first-order valence-corrected chi connectivity index (χ1v) is 5.86. The summed E-state index contributed by atoms with van der Waals surface area (Å²) in [7, 11) is 0. The number of rotatable bonds is 7. The predicted molar refractivity (Wildman–Crippen MR) is 65.6 cm³/mol. The van der Waals surface area contributed by atoms with E-state index in [9.17, 15) is 8.78 Å². The van der Waals surface area contributed by atoms with Crippen molar-refractivity contribution in [1.82, 2.24) is 0 Å². The van der Waals surface area contributed by atoms with E-state index in [1.54, 1.807) is 12.1 Å². The van der Waals surface area contributed by atoms with Crippen LogP contribution in [0.3, 0.4) is 0 Å². The van der Waals surface area contributed by atoms with Gasteiger partial charge < -0.3 is 10.1 Å². The van der Waals surface area contributed by atoms with E-state index in [1.165, 1.54) is 18.6 Å². The minimum absolute atomic E-state index is 0.188. The topological polar surface area (TPSA) is 21.3 Å². The van der Waals surface area contributed by atoms with Crippen LogP contribution in [0.25, 0.3) is 0 Å². The Labute approximate surface area is 101 Å². The largest absolute Gasteiger partial charge is 0.435 e. The third-order valence-corrected chi connectivity index (χ3v) is 2.37. The van der Waals surface area contributed by atoms with Gasteiger partial charge in [0.2, 0.25) is 0 Å². The Bertz CT molecular complexity index is 312. The van der Waals surface area contributed by atoms with Crippen molar-refractivity contribution in [1.29, 1.82) is 0 Å². The lowest BCUT2D eigenvalue weighted by Gasteiger charge is -2.09. The number of anilines is 1. The molecule has 0 radical (unpaired) electrons. The molecule has 0 aliphatic rings. The first-order chi connectivity index (χ1) is 8.08. The fraction of sp³-hybridized carbons (Fsp3) is 0.538. The van der Waals surface area contributed by atoms with Gasteiger partial charge in [-0.2, -0.15) is 8.78 Å². The van der Waals surface area contributed by atoms with Crippen LogP contribution in [0.1, 0.15) is 26.7 Å². The third-order valence-electron chi connectivity index (χ3n) is 2.37. The molecule has 1 aromatic rings. The zero-order chi connectivity index (χ0) is 12.7. The number of nitrogens with one attached hydrogen (secondary N) is 1. The van der Waals surface area contributed by atoms with E-state index in [1.807, 2.05) is 0 Å². The molecule has 17 heavy (non-hydrogen) atoms. The Morgan fingerprint density at radius 2 is 1.82 bits per heavy atom. The monoisotopic (exact) mass is 243 g/mol. The SMILES string of the molecule is CC(C)CCCNc1ccc(OC(F)F)cc1. The molecular weight excluding hydrogens is 224 g/mol. The van der Waals surface area contributed by atoms with Crippen LogP contribution < -0.4 is 10.1 Å². The molecule has 0 amide bonds. The van der Waals surface area contributed by atoms with Gasteiger partial charge in [-0.1, -0.05) is 13.8 Å². The summed E-state index contributed by atoms with van der Waals surface area (Å²) in [5.74, 6) is 0.895. The highest BCUT2D eigenvalue weighted by Crippen LogP contribution is 2.17. The van der Waals surface area contributed by atoms with Crippen LogP contribution >= 0.6 is 0 Å². The molecule has 0 spiro atoms. The second kappa shape index (κ2) is 7.09. The van der Waals surface area contributed by atoms with E-state index in [2.05, 4.69) is 23.9 Å². The Balaban J connectivity index is 2.30. The second-order valence-electron chi connectivity index (χ2n) is 4.37. The first kappa shape index (κ1) is 13.7. The fourth-order valence-corrected chi connectivity index (χ4v) is 1.50. The quantitative estimate of drug-likeness (QED) is 0.727. The van der Waals surface area contributed by atoms with E-state index in [0.29, 0.717) is 5.92 Å². The van der Waals surface area contributed by atoms with Gasteiger partial charge in [0.15, 0.2) is 0 Å². The van der Waals surface area contributed by atoms with Crippen LogP contribution in [-0.4, -0.2) is 13.2 Å². The maximum atomic E-state index is 11.9. The van der Waals surface area contributed by atoms with Gasteiger partial charge in [-0.05, 0) is 43.0 Å². The second-order valence-corrected chi connectivity index (χ2v) is 4.37. The van der Waals surface area contributed by atoms with Gasteiger partial charge >= 0.3 is 6.61 Å². The number of hydrogen-bond acceptors (Lipinski definition) is 2. The number of benzene rings is 1. The minimum atomic E-state index is -2.76. The molecule has 0 bridgehead atoms. The molecule has 0 atom stereocenters. The number of ether oxygens (including phenoxy) is 1. The molecule has 1 N–H and O–H groups in total. The summed E-state index contributed by atoms with van der Waals surface area (Å²) in [6, 6.07) is 6.56. The fourth-order valence-electron chi connectivity index (χ4n) is 1.50. The molecule has 0 aromatic heterocycles. The van der Waals surface area contributed by atoms with E-state index in [0.717, 1.165) is 18.7 Å². The molecule has 0 aliphatic carbocycles. The van der Waals surface area contributed by atoms with Crippen LogP contribution in [0, 0.1) is 5.92 Å². The summed E-state index contributed by atoms with van der Waals surface area (Å²) < 4.78 is 28.1. The molecule has 0 fully saturated rings. The van der Waals surface area contributed by atoms with Gasteiger partial charge in [-0.15, -0.1) is 0 Å². The molecular formula is C13H19F2NO. The molecule has 4 heteroatoms. The Morgan fingerprint density at radius 1 is 1.18 bits per heavy atom. The first-order valence-electron chi connectivity index (χ1n) is 5.86. The molecule has 1 aromatic carbocycles. The summed E-state index contributed by atoms with van der Waals surface area (Å²) in [5.41, 5.74) is 0.926. The number of alkyl halides is 2. The highest BCUT2D eigenvalue weighted by atomic mass is 19.3. The molecule has 2 nitrogen and oxygen atoms in total. The maximum Gasteiger partial charge on any atom is 0.387 e. The Hall–Kier alpha value is -1.32. The molecule has 96 valence electrons. The van der Waals surface area contributed by atoms with Crippen molar-refractivity contribution >= 4 is 5.69 Å². The van der Waals surface area contributed by atoms with E-state index >= 15 is 0 Å². The summed E-state index contributed by atoms with van der Waals surface area (Å²) >= 11 is 0. The van der Waals surface area contributed by atoms with Crippen molar-refractivity contribution < 1.29 is 13.5 Å². The van der Waals surface area contributed by atoms with Crippen LogP contribution in [0.15, 0.2) is 24.3 Å². The highest BCUT2D eigenvalue weighted by Gasteiger charge is 2.03. The molecule has 0 unspecified atom stereocenters. The van der Waals surface area contributed by atoms with Crippen LogP contribution in [0.5, 0.6) is 5.75 Å². The molecule has 0 saturated heterocycles. The summed E-state index contributed by atoms with van der Waals surface area (Å²) in [4.78, 5) is 0. The van der Waals surface area contributed by atoms with E-state index in [4.69, 9.17) is 0 Å².